The summed E-state index contributed by atoms with van der Waals surface area (Å²) in [7, 11) is 1.94. The van der Waals surface area contributed by atoms with Crippen molar-refractivity contribution in [3.63, 3.8) is 0 Å². The van der Waals surface area contributed by atoms with Gasteiger partial charge in [-0.1, -0.05) is 6.42 Å². The van der Waals surface area contributed by atoms with E-state index in [1.807, 2.05) is 28.6 Å². The van der Waals surface area contributed by atoms with Gasteiger partial charge in [0.1, 0.15) is 5.82 Å². The molecule has 126 valence electrons. The van der Waals surface area contributed by atoms with Gasteiger partial charge < -0.3 is 9.80 Å². The first-order chi connectivity index (χ1) is 11.7. The quantitative estimate of drug-likeness (QED) is 0.851. The lowest BCUT2D eigenvalue weighted by Crippen LogP contribution is -2.60. The lowest BCUT2D eigenvalue weighted by Gasteiger charge is -2.44. The van der Waals surface area contributed by atoms with Gasteiger partial charge in [-0.05, 0) is 37.8 Å². The van der Waals surface area contributed by atoms with Crippen molar-refractivity contribution in [1.29, 1.82) is 0 Å². The van der Waals surface area contributed by atoms with Gasteiger partial charge in [-0.2, -0.15) is 4.52 Å². The third-order valence-corrected chi connectivity index (χ3v) is 5.75. The number of rotatable bonds is 4. The van der Waals surface area contributed by atoms with Crippen LogP contribution in [0.2, 0.25) is 0 Å². The predicted octanol–water partition coefficient (Wildman–Crippen LogP) is 1.45. The third kappa shape index (κ3) is 2.17. The van der Waals surface area contributed by atoms with Gasteiger partial charge in [-0.25, -0.2) is 0 Å². The van der Waals surface area contributed by atoms with Crippen LogP contribution in [0.1, 0.15) is 43.8 Å². The Bertz CT molecular complexity index is 787. The van der Waals surface area contributed by atoms with Crippen molar-refractivity contribution in [1.82, 2.24) is 24.7 Å². The van der Waals surface area contributed by atoms with Crippen LogP contribution in [0.25, 0.3) is 5.65 Å². The summed E-state index contributed by atoms with van der Waals surface area (Å²) in [6.45, 7) is 1.71. The molecule has 0 spiro atoms. The molecule has 1 aliphatic heterocycles. The maximum Gasteiger partial charge on any atom is 0.225 e. The van der Waals surface area contributed by atoms with Gasteiger partial charge in [0.15, 0.2) is 11.5 Å². The van der Waals surface area contributed by atoms with Crippen LogP contribution in [0.4, 0.5) is 5.82 Å². The molecule has 7 nitrogen and oxygen atoms in total. The molecule has 0 bridgehead atoms. The topological polar surface area (TPSA) is 66.6 Å². The SMILES string of the molecule is CN(C(=O)C1CC1)C1CN(c2ccc3nnc(C4CCC4)n3n2)C1. The van der Waals surface area contributed by atoms with Crippen molar-refractivity contribution in [3.8, 4) is 0 Å². The van der Waals surface area contributed by atoms with Crippen LogP contribution in [0, 0.1) is 5.92 Å². The van der Waals surface area contributed by atoms with Gasteiger partial charge in [0.25, 0.3) is 0 Å². The summed E-state index contributed by atoms with van der Waals surface area (Å²) < 4.78 is 1.91. The Morgan fingerprint density at radius 3 is 2.62 bits per heavy atom. The summed E-state index contributed by atoms with van der Waals surface area (Å²) in [6.07, 6.45) is 5.78. The van der Waals surface area contributed by atoms with E-state index in [4.69, 9.17) is 5.10 Å². The zero-order valence-corrected chi connectivity index (χ0v) is 13.9. The Labute approximate surface area is 140 Å². The Hall–Kier alpha value is -2.18. The second-order valence-electron chi connectivity index (χ2n) is 7.43. The van der Waals surface area contributed by atoms with Crippen LogP contribution >= 0.6 is 0 Å². The van der Waals surface area contributed by atoms with Crippen LogP contribution < -0.4 is 4.90 Å². The lowest BCUT2D eigenvalue weighted by molar-refractivity contribution is -0.133. The smallest absolute Gasteiger partial charge is 0.225 e. The summed E-state index contributed by atoms with van der Waals surface area (Å²) in [5.74, 6) is 3.06. The van der Waals surface area contributed by atoms with E-state index >= 15 is 0 Å². The highest BCUT2D eigenvalue weighted by Crippen LogP contribution is 2.35. The Morgan fingerprint density at radius 1 is 1.17 bits per heavy atom. The van der Waals surface area contributed by atoms with Crippen LogP contribution in [0.5, 0.6) is 0 Å². The molecule has 3 heterocycles. The zero-order chi connectivity index (χ0) is 16.3. The maximum absolute atomic E-state index is 12.2. The molecule has 0 N–H and O–H groups in total. The van der Waals surface area contributed by atoms with Gasteiger partial charge in [-0.15, -0.1) is 15.3 Å². The number of hydrogen-bond acceptors (Lipinski definition) is 5. The second-order valence-corrected chi connectivity index (χ2v) is 7.43. The molecule has 0 unspecified atom stereocenters. The van der Waals surface area contributed by atoms with Crippen LogP contribution in [-0.4, -0.2) is 56.8 Å². The van der Waals surface area contributed by atoms with E-state index < -0.39 is 0 Å². The maximum atomic E-state index is 12.2. The summed E-state index contributed by atoms with van der Waals surface area (Å²) >= 11 is 0. The number of carbonyl (C=O) groups is 1. The molecule has 3 aliphatic rings. The number of anilines is 1. The predicted molar refractivity (Wildman–Crippen MR) is 88.9 cm³/mol. The number of likely N-dealkylation sites (N-methyl/N-ethyl adjacent to an activating group) is 1. The van der Waals surface area contributed by atoms with Gasteiger partial charge in [0.2, 0.25) is 5.91 Å². The largest absolute Gasteiger partial charge is 0.351 e. The highest BCUT2D eigenvalue weighted by Gasteiger charge is 2.39. The third-order valence-electron chi connectivity index (χ3n) is 5.75. The van der Waals surface area contributed by atoms with E-state index in [0.717, 1.165) is 43.2 Å². The number of hydrogen-bond donors (Lipinski definition) is 0. The summed E-state index contributed by atoms with van der Waals surface area (Å²) in [6, 6.07) is 4.31. The highest BCUT2D eigenvalue weighted by atomic mass is 16.2. The number of carbonyl (C=O) groups excluding carboxylic acids is 1. The first kappa shape index (κ1) is 14.2. The Kier molecular flexibility index (Phi) is 3.05. The average Bonchev–Trinajstić information content (AvgIpc) is 3.26. The molecule has 3 fully saturated rings. The van der Waals surface area contributed by atoms with Crippen molar-refractivity contribution in [3.05, 3.63) is 18.0 Å². The molecular formula is C17H22N6O. The fraction of sp³-hybridized carbons (Fsp3) is 0.647. The van der Waals surface area contributed by atoms with Crippen molar-refractivity contribution in [2.45, 2.75) is 44.1 Å². The average molecular weight is 326 g/mol. The standard InChI is InChI=1S/C17H22N6O/c1-21(17(24)12-5-6-12)13-9-22(10-13)15-8-7-14-18-19-16(23(14)20-15)11-3-2-4-11/h7-8,11-13H,2-6,9-10H2,1H3. The number of aromatic nitrogens is 4. The van der Waals surface area contributed by atoms with Gasteiger partial charge >= 0.3 is 0 Å². The van der Waals surface area contributed by atoms with E-state index in [0.29, 0.717) is 23.8 Å². The molecule has 1 saturated heterocycles. The molecule has 0 aromatic carbocycles. The number of amides is 1. The lowest BCUT2D eigenvalue weighted by atomic mass is 9.85. The highest BCUT2D eigenvalue weighted by molar-refractivity contribution is 5.81. The molecule has 2 saturated carbocycles. The molecule has 0 radical (unpaired) electrons. The minimum atomic E-state index is 0.292. The molecule has 1 amide bonds. The van der Waals surface area contributed by atoms with E-state index in [1.165, 1.54) is 19.3 Å². The van der Waals surface area contributed by atoms with Crippen molar-refractivity contribution in [2.75, 3.05) is 25.0 Å². The second kappa shape index (κ2) is 5.16. The summed E-state index contributed by atoms with van der Waals surface area (Å²) in [5, 5.41) is 13.3. The van der Waals surface area contributed by atoms with Crippen LogP contribution in [0.3, 0.4) is 0 Å². The number of nitrogens with zero attached hydrogens (tertiary/aromatic N) is 6. The first-order valence-corrected chi connectivity index (χ1v) is 8.94. The number of fused-ring (bicyclic) bond motifs is 1. The fourth-order valence-corrected chi connectivity index (χ4v) is 3.57. The van der Waals surface area contributed by atoms with Gasteiger partial charge in [0, 0.05) is 32.0 Å². The van der Waals surface area contributed by atoms with Gasteiger partial charge in [-0.3, -0.25) is 4.79 Å². The minimum Gasteiger partial charge on any atom is -0.351 e. The molecule has 0 atom stereocenters. The molecule has 2 aromatic heterocycles. The molecule has 7 heteroatoms. The van der Waals surface area contributed by atoms with Gasteiger partial charge in [0.05, 0.1) is 6.04 Å². The summed E-state index contributed by atoms with van der Waals surface area (Å²) in [5.41, 5.74) is 0.818. The molecule has 2 aliphatic carbocycles. The normalized spacial score (nSPS) is 21.6. The zero-order valence-electron chi connectivity index (χ0n) is 13.9. The van der Waals surface area contributed by atoms with E-state index in [1.54, 1.807) is 0 Å². The van der Waals surface area contributed by atoms with Crippen LogP contribution in [-0.2, 0) is 4.79 Å². The monoisotopic (exact) mass is 326 g/mol. The van der Waals surface area contributed by atoms with Crippen LogP contribution in [0.15, 0.2) is 12.1 Å². The van der Waals surface area contributed by atoms with Crippen molar-refractivity contribution < 1.29 is 4.79 Å². The van der Waals surface area contributed by atoms with Crippen molar-refractivity contribution >= 4 is 17.4 Å². The molecule has 5 rings (SSSR count). The van der Waals surface area contributed by atoms with E-state index in [2.05, 4.69) is 15.1 Å². The molecule has 2 aromatic rings. The Balaban J connectivity index is 1.32. The van der Waals surface area contributed by atoms with Crippen molar-refractivity contribution in [2.24, 2.45) is 5.92 Å². The first-order valence-electron chi connectivity index (χ1n) is 8.94. The Morgan fingerprint density at radius 2 is 1.96 bits per heavy atom. The molecular weight excluding hydrogens is 304 g/mol. The molecule has 24 heavy (non-hydrogen) atoms. The van der Waals surface area contributed by atoms with E-state index in [-0.39, 0.29) is 0 Å². The fourth-order valence-electron chi connectivity index (χ4n) is 3.57. The minimum absolute atomic E-state index is 0.292. The van der Waals surface area contributed by atoms with E-state index in [9.17, 15) is 4.79 Å². The summed E-state index contributed by atoms with van der Waals surface area (Å²) in [4.78, 5) is 16.3.